The van der Waals surface area contributed by atoms with Gasteiger partial charge < -0.3 is 9.52 Å². The predicted molar refractivity (Wildman–Crippen MR) is 82.1 cm³/mol. The first-order valence-electron chi connectivity index (χ1n) is 6.52. The first-order chi connectivity index (χ1) is 10.2. The van der Waals surface area contributed by atoms with E-state index in [0.29, 0.717) is 17.5 Å². The number of nitrogens with zero attached hydrogens (tertiary/aromatic N) is 2. The summed E-state index contributed by atoms with van der Waals surface area (Å²) in [6.07, 6.45) is 0. The van der Waals surface area contributed by atoms with E-state index in [1.165, 1.54) is 5.56 Å². The number of hydrogen-bond donors (Lipinski definition) is 1. The molecule has 1 heterocycles. The Morgan fingerprint density at radius 3 is 2.67 bits per heavy atom. The summed E-state index contributed by atoms with van der Waals surface area (Å²) in [4.78, 5) is 0.963. The number of hydrogen-bond acceptors (Lipinski definition) is 5. The van der Waals surface area contributed by atoms with Gasteiger partial charge in [-0.15, -0.1) is 22.0 Å². The molecule has 1 N–H and O–H groups in total. The van der Waals surface area contributed by atoms with E-state index in [-0.39, 0.29) is 5.75 Å². The van der Waals surface area contributed by atoms with Crippen molar-refractivity contribution in [3.63, 3.8) is 0 Å². The Morgan fingerprint density at radius 2 is 1.90 bits per heavy atom. The summed E-state index contributed by atoms with van der Waals surface area (Å²) in [5, 5.41) is 17.5. The minimum Gasteiger partial charge on any atom is -0.508 e. The molecule has 3 rings (SSSR count). The van der Waals surface area contributed by atoms with E-state index in [1.807, 2.05) is 43.3 Å². The summed E-state index contributed by atoms with van der Waals surface area (Å²) in [5.74, 6) is 1.92. The minimum atomic E-state index is 0.255. The zero-order chi connectivity index (χ0) is 14.7. The summed E-state index contributed by atoms with van der Waals surface area (Å²) in [5.41, 5.74) is 2.11. The van der Waals surface area contributed by atoms with Crippen LogP contribution in [0.25, 0.3) is 11.5 Å². The van der Waals surface area contributed by atoms with E-state index in [0.717, 1.165) is 10.5 Å². The summed E-state index contributed by atoms with van der Waals surface area (Å²) in [6, 6.07) is 15.1. The van der Waals surface area contributed by atoms with Gasteiger partial charge in [-0.1, -0.05) is 23.8 Å². The number of aromatic nitrogens is 2. The molecule has 2 aromatic carbocycles. The Kier molecular flexibility index (Phi) is 3.92. The first-order valence-corrected chi connectivity index (χ1v) is 7.50. The lowest BCUT2D eigenvalue weighted by molar-refractivity contribution is 0.474. The fourth-order valence-electron chi connectivity index (χ4n) is 1.84. The molecule has 21 heavy (non-hydrogen) atoms. The summed E-state index contributed by atoms with van der Waals surface area (Å²) in [7, 11) is 0. The molecule has 5 heteroatoms. The molecule has 4 nitrogen and oxygen atoms in total. The van der Waals surface area contributed by atoms with Crippen molar-refractivity contribution in [1.82, 2.24) is 10.2 Å². The van der Waals surface area contributed by atoms with Gasteiger partial charge in [-0.3, -0.25) is 0 Å². The highest BCUT2D eigenvalue weighted by molar-refractivity contribution is 7.98. The second-order valence-corrected chi connectivity index (χ2v) is 5.70. The minimum absolute atomic E-state index is 0.255. The molecule has 0 aliphatic heterocycles. The highest BCUT2D eigenvalue weighted by Gasteiger charge is 2.08. The maximum absolute atomic E-state index is 9.42. The fourth-order valence-corrected chi connectivity index (χ4v) is 2.63. The number of benzene rings is 2. The van der Waals surface area contributed by atoms with Gasteiger partial charge in [0, 0.05) is 10.5 Å². The lowest BCUT2D eigenvalue weighted by Gasteiger charge is -1.99. The lowest BCUT2D eigenvalue weighted by atomic mass is 10.1. The SMILES string of the molecule is Cc1ccc(-c2nnc(CSc3cccc(O)c3)o2)cc1. The third-order valence-electron chi connectivity index (χ3n) is 2.95. The molecular weight excluding hydrogens is 284 g/mol. The van der Waals surface area contributed by atoms with Crippen molar-refractivity contribution >= 4 is 11.8 Å². The quantitative estimate of drug-likeness (QED) is 0.736. The smallest absolute Gasteiger partial charge is 0.247 e. The fraction of sp³-hybridized carbons (Fsp3) is 0.125. The number of phenols is 1. The molecule has 0 unspecified atom stereocenters. The predicted octanol–water partition coefficient (Wildman–Crippen LogP) is 4.04. The first kappa shape index (κ1) is 13.7. The number of aryl methyl sites for hydroxylation is 1. The molecule has 0 aliphatic carbocycles. The molecule has 0 spiro atoms. The van der Waals surface area contributed by atoms with E-state index in [4.69, 9.17) is 4.42 Å². The van der Waals surface area contributed by atoms with E-state index >= 15 is 0 Å². The van der Waals surface area contributed by atoms with Gasteiger partial charge in [-0.25, -0.2) is 0 Å². The highest BCUT2D eigenvalue weighted by Crippen LogP contribution is 2.26. The van der Waals surface area contributed by atoms with Gasteiger partial charge in [0.15, 0.2) is 0 Å². The zero-order valence-corrected chi connectivity index (χ0v) is 12.3. The van der Waals surface area contributed by atoms with Gasteiger partial charge in [0.05, 0.1) is 5.75 Å². The molecule has 0 radical (unpaired) electrons. The van der Waals surface area contributed by atoms with Crippen LogP contribution in [0.3, 0.4) is 0 Å². The molecule has 0 saturated heterocycles. The molecule has 0 fully saturated rings. The molecule has 0 atom stereocenters. The third-order valence-corrected chi connectivity index (χ3v) is 3.92. The highest BCUT2D eigenvalue weighted by atomic mass is 32.2. The van der Waals surface area contributed by atoms with Crippen molar-refractivity contribution in [2.75, 3.05) is 0 Å². The van der Waals surface area contributed by atoms with Crippen LogP contribution in [0.5, 0.6) is 5.75 Å². The van der Waals surface area contributed by atoms with E-state index in [1.54, 1.807) is 23.9 Å². The normalized spacial score (nSPS) is 10.7. The summed E-state index contributed by atoms with van der Waals surface area (Å²) < 4.78 is 5.66. The zero-order valence-electron chi connectivity index (χ0n) is 11.5. The third kappa shape index (κ3) is 3.44. The van der Waals surface area contributed by atoms with E-state index in [2.05, 4.69) is 10.2 Å². The van der Waals surface area contributed by atoms with Crippen LogP contribution in [0.1, 0.15) is 11.5 Å². The Bertz CT molecular complexity index is 738. The van der Waals surface area contributed by atoms with Crippen LogP contribution in [0.15, 0.2) is 57.8 Å². The van der Waals surface area contributed by atoms with Gasteiger partial charge in [-0.2, -0.15) is 0 Å². The number of aromatic hydroxyl groups is 1. The maximum Gasteiger partial charge on any atom is 0.247 e. The molecule has 106 valence electrons. The molecule has 0 aliphatic rings. The second-order valence-electron chi connectivity index (χ2n) is 4.65. The van der Waals surface area contributed by atoms with E-state index < -0.39 is 0 Å². The monoisotopic (exact) mass is 298 g/mol. The van der Waals surface area contributed by atoms with E-state index in [9.17, 15) is 5.11 Å². The van der Waals surface area contributed by atoms with Crippen LogP contribution in [0.4, 0.5) is 0 Å². The van der Waals surface area contributed by atoms with Crippen molar-refractivity contribution in [2.24, 2.45) is 0 Å². The molecule has 0 amide bonds. The summed E-state index contributed by atoms with van der Waals surface area (Å²) in [6.45, 7) is 2.04. The van der Waals surface area contributed by atoms with Crippen molar-refractivity contribution in [1.29, 1.82) is 0 Å². The molecular formula is C16H14N2O2S. The van der Waals surface area contributed by atoms with Crippen LogP contribution >= 0.6 is 11.8 Å². The van der Waals surface area contributed by atoms with Gasteiger partial charge in [-0.05, 0) is 37.3 Å². The average molecular weight is 298 g/mol. The van der Waals surface area contributed by atoms with Crippen LogP contribution in [-0.2, 0) is 5.75 Å². The van der Waals surface area contributed by atoms with Crippen molar-refractivity contribution < 1.29 is 9.52 Å². The van der Waals surface area contributed by atoms with Crippen molar-refractivity contribution in [3.8, 4) is 17.2 Å². The number of phenolic OH excluding ortho intramolecular Hbond substituents is 1. The molecule has 1 aromatic heterocycles. The van der Waals surface area contributed by atoms with Crippen LogP contribution in [0.2, 0.25) is 0 Å². The maximum atomic E-state index is 9.42. The van der Waals surface area contributed by atoms with Crippen LogP contribution < -0.4 is 0 Å². The number of thioether (sulfide) groups is 1. The standard InChI is InChI=1S/C16H14N2O2S/c1-11-5-7-12(8-6-11)16-18-17-15(20-16)10-21-14-4-2-3-13(19)9-14/h2-9,19H,10H2,1H3. The Labute approximate surface area is 126 Å². The second kappa shape index (κ2) is 6.01. The molecule has 0 saturated carbocycles. The van der Waals surface area contributed by atoms with Gasteiger partial charge >= 0.3 is 0 Å². The summed E-state index contributed by atoms with van der Waals surface area (Å²) >= 11 is 1.54. The van der Waals surface area contributed by atoms with Crippen molar-refractivity contribution in [2.45, 2.75) is 17.6 Å². The van der Waals surface area contributed by atoms with Crippen LogP contribution in [0, 0.1) is 6.92 Å². The molecule has 3 aromatic rings. The molecule has 0 bridgehead atoms. The average Bonchev–Trinajstić information content (AvgIpc) is 2.95. The lowest BCUT2D eigenvalue weighted by Crippen LogP contribution is -1.80. The topological polar surface area (TPSA) is 59.2 Å². The van der Waals surface area contributed by atoms with Gasteiger partial charge in [0.1, 0.15) is 5.75 Å². The number of rotatable bonds is 4. The Hall–Kier alpha value is -2.27. The Balaban J connectivity index is 1.69. The Morgan fingerprint density at radius 1 is 1.10 bits per heavy atom. The van der Waals surface area contributed by atoms with Crippen LogP contribution in [-0.4, -0.2) is 15.3 Å². The van der Waals surface area contributed by atoms with Gasteiger partial charge in [0.25, 0.3) is 0 Å². The van der Waals surface area contributed by atoms with Crippen molar-refractivity contribution in [3.05, 3.63) is 60.0 Å². The van der Waals surface area contributed by atoms with Gasteiger partial charge in [0.2, 0.25) is 11.8 Å². The largest absolute Gasteiger partial charge is 0.508 e.